The number of carboxylic acids is 1. The van der Waals surface area contributed by atoms with Crippen LogP contribution in [0.25, 0.3) is 0 Å². The molecular weight excluding hydrogens is 174 g/mol. The zero-order valence-electron chi connectivity index (χ0n) is 7.12. The summed E-state index contributed by atoms with van der Waals surface area (Å²) in [6, 6.07) is -0.677. The van der Waals surface area contributed by atoms with E-state index in [4.69, 9.17) is 5.11 Å². The van der Waals surface area contributed by atoms with Crippen molar-refractivity contribution in [1.82, 2.24) is 16.0 Å². The fourth-order valence-electron chi connectivity index (χ4n) is 1.31. The quantitative estimate of drug-likeness (QED) is 0.377. The van der Waals surface area contributed by atoms with Gasteiger partial charge in [-0.25, -0.2) is 4.79 Å². The number of carbonyl (C=O) groups is 2. The molecular formula is C7H13N3O3. The van der Waals surface area contributed by atoms with E-state index in [0.717, 1.165) is 6.54 Å². The fourth-order valence-corrected chi connectivity index (χ4v) is 1.31. The Labute approximate surface area is 75.7 Å². The number of carboxylic acid groups (broad SMARTS) is 1. The summed E-state index contributed by atoms with van der Waals surface area (Å²) in [6.45, 7) is 1.43. The third-order valence-electron chi connectivity index (χ3n) is 1.99. The van der Waals surface area contributed by atoms with Gasteiger partial charge in [-0.15, -0.1) is 0 Å². The average molecular weight is 187 g/mol. The lowest BCUT2D eigenvalue weighted by Crippen LogP contribution is -2.41. The maximum Gasteiger partial charge on any atom is 0.326 e. The monoisotopic (exact) mass is 187 g/mol. The summed E-state index contributed by atoms with van der Waals surface area (Å²) in [5.74, 6) is -0.999. The van der Waals surface area contributed by atoms with E-state index in [1.807, 2.05) is 0 Å². The number of hydrogen-bond donors (Lipinski definition) is 4. The Morgan fingerprint density at radius 3 is 3.00 bits per heavy atom. The first-order chi connectivity index (χ1) is 6.24. The van der Waals surface area contributed by atoms with Crippen molar-refractivity contribution in [3.05, 3.63) is 0 Å². The van der Waals surface area contributed by atoms with Gasteiger partial charge in [-0.1, -0.05) is 0 Å². The molecule has 1 heterocycles. The second kappa shape index (κ2) is 4.78. The maximum absolute atomic E-state index is 10.6. The highest BCUT2D eigenvalue weighted by Gasteiger charge is 2.23. The minimum atomic E-state index is -0.999. The first kappa shape index (κ1) is 9.94. The highest BCUT2D eigenvalue weighted by Crippen LogP contribution is 2.00. The number of aliphatic carboxylic acids is 1. The molecule has 1 aliphatic rings. The van der Waals surface area contributed by atoms with Crippen molar-refractivity contribution in [2.45, 2.75) is 18.5 Å². The van der Waals surface area contributed by atoms with Gasteiger partial charge in [0.15, 0.2) is 0 Å². The van der Waals surface area contributed by atoms with E-state index < -0.39 is 12.0 Å². The topological polar surface area (TPSA) is 90.5 Å². The van der Waals surface area contributed by atoms with E-state index in [9.17, 15) is 9.59 Å². The lowest BCUT2D eigenvalue weighted by atomic mass is 10.1. The van der Waals surface area contributed by atoms with Crippen LogP contribution in [0.4, 0.5) is 0 Å². The van der Waals surface area contributed by atoms with Gasteiger partial charge < -0.3 is 21.1 Å². The summed E-state index contributed by atoms with van der Waals surface area (Å²) in [5.41, 5.74) is 0. The molecule has 1 fully saturated rings. The first-order valence-corrected chi connectivity index (χ1v) is 4.10. The maximum atomic E-state index is 10.6. The van der Waals surface area contributed by atoms with Crippen LogP contribution in [0.15, 0.2) is 0 Å². The molecule has 0 spiro atoms. The Bertz CT molecular complexity index is 191. The van der Waals surface area contributed by atoms with Gasteiger partial charge in [-0.05, 0) is 6.42 Å². The molecule has 6 nitrogen and oxygen atoms in total. The number of carbonyl (C=O) groups excluding carboxylic acids is 1. The molecule has 0 aromatic rings. The van der Waals surface area contributed by atoms with E-state index in [2.05, 4.69) is 16.0 Å². The Hall–Kier alpha value is -1.14. The summed E-state index contributed by atoms with van der Waals surface area (Å²) in [6.07, 6.45) is 0.822. The largest absolute Gasteiger partial charge is 0.480 e. The van der Waals surface area contributed by atoms with E-state index in [1.165, 1.54) is 0 Å². The molecule has 0 bridgehead atoms. The predicted molar refractivity (Wildman–Crippen MR) is 45.0 cm³/mol. The van der Waals surface area contributed by atoms with E-state index in [-0.39, 0.29) is 6.04 Å². The van der Waals surface area contributed by atoms with Crippen LogP contribution in [0.5, 0.6) is 0 Å². The molecule has 6 heteroatoms. The molecule has 0 saturated carbocycles. The molecule has 1 rings (SSSR count). The summed E-state index contributed by atoms with van der Waals surface area (Å²) in [4.78, 5) is 20.7. The second-order valence-corrected chi connectivity index (χ2v) is 2.94. The molecule has 0 aromatic carbocycles. The first-order valence-electron chi connectivity index (χ1n) is 4.10. The van der Waals surface area contributed by atoms with Crippen LogP contribution in [0.3, 0.4) is 0 Å². The van der Waals surface area contributed by atoms with Crippen molar-refractivity contribution in [2.75, 3.05) is 13.2 Å². The molecule has 74 valence electrons. The third-order valence-corrected chi connectivity index (χ3v) is 1.99. The van der Waals surface area contributed by atoms with Gasteiger partial charge in [0.1, 0.15) is 6.04 Å². The van der Waals surface area contributed by atoms with Gasteiger partial charge >= 0.3 is 5.97 Å². The molecule has 1 aliphatic heterocycles. The molecule has 4 N–H and O–H groups in total. The lowest BCUT2D eigenvalue weighted by molar-refractivity contribution is -0.140. The van der Waals surface area contributed by atoms with E-state index in [1.54, 1.807) is 0 Å². The molecule has 0 radical (unpaired) electrons. The van der Waals surface area contributed by atoms with Gasteiger partial charge in [0.05, 0.1) is 0 Å². The third kappa shape index (κ3) is 3.00. The minimum Gasteiger partial charge on any atom is -0.480 e. The smallest absolute Gasteiger partial charge is 0.326 e. The lowest BCUT2D eigenvalue weighted by Gasteiger charge is -2.15. The minimum absolute atomic E-state index is 0.119. The zero-order chi connectivity index (χ0) is 9.68. The molecule has 1 amide bonds. The van der Waals surface area contributed by atoms with E-state index in [0.29, 0.717) is 19.5 Å². The second-order valence-electron chi connectivity index (χ2n) is 2.94. The fraction of sp³-hybridized carbons (Fsp3) is 0.714. The standard InChI is InChI=1S/C7H13N3O3/c11-4-10-6(7(12)13)1-5-2-8-3-9-5/h4-6,8-9H,1-3H2,(H,10,11)(H,12,13). The van der Waals surface area contributed by atoms with Crippen molar-refractivity contribution in [1.29, 1.82) is 0 Å². The number of rotatable bonds is 5. The number of amides is 1. The van der Waals surface area contributed by atoms with Crippen LogP contribution in [0, 0.1) is 0 Å². The van der Waals surface area contributed by atoms with Crippen LogP contribution in [-0.4, -0.2) is 42.8 Å². The van der Waals surface area contributed by atoms with Gasteiger partial charge in [-0.2, -0.15) is 0 Å². The van der Waals surface area contributed by atoms with Gasteiger partial charge in [0.25, 0.3) is 0 Å². The summed E-state index contributed by atoms with van der Waals surface area (Å²) in [5, 5.41) is 17.1. The molecule has 0 aliphatic carbocycles. The van der Waals surface area contributed by atoms with Crippen LogP contribution in [0.2, 0.25) is 0 Å². The zero-order valence-corrected chi connectivity index (χ0v) is 7.12. The van der Waals surface area contributed by atoms with Crippen LogP contribution in [0.1, 0.15) is 6.42 Å². The van der Waals surface area contributed by atoms with E-state index >= 15 is 0 Å². The van der Waals surface area contributed by atoms with Crippen molar-refractivity contribution in [3.8, 4) is 0 Å². The molecule has 2 unspecified atom stereocenters. The molecule has 2 atom stereocenters. The Balaban J connectivity index is 2.36. The molecule has 1 saturated heterocycles. The van der Waals surface area contributed by atoms with Crippen LogP contribution >= 0.6 is 0 Å². The highest BCUT2D eigenvalue weighted by molar-refractivity contribution is 5.76. The molecule has 0 aromatic heterocycles. The predicted octanol–water partition coefficient (Wildman–Crippen LogP) is -1.91. The highest BCUT2D eigenvalue weighted by atomic mass is 16.4. The van der Waals surface area contributed by atoms with Crippen LogP contribution in [-0.2, 0) is 9.59 Å². The molecule has 13 heavy (non-hydrogen) atoms. The number of nitrogens with one attached hydrogen (secondary N) is 3. The van der Waals surface area contributed by atoms with Gasteiger partial charge in [0.2, 0.25) is 6.41 Å². The Morgan fingerprint density at radius 2 is 2.54 bits per heavy atom. The Morgan fingerprint density at radius 1 is 1.77 bits per heavy atom. The van der Waals surface area contributed by atoms with Crippen LogP contribution < -0.4 is 16.0 Å². The normalized spacial score (nSPS) is 23.8. The summed E-state index contributed by atoms with van der Waals surface area (Å²) in [7, 11) is 0. The van der Waals surface area contributed by atoms with Gasteiger partial charge in [-0.3, -0.25) is 4.79 Å². The Kier molecular flexibility index (Phi) is 3.66. The van der Waals surface area contributed by atoms with Crippen molar-refractivity contribution >= 4 is 12.4 Å². The van der Waals surface area contributed by atoms with Crippen molar-refractivity contribution in [3.63, 3.8) is 0 Å². The SMILES string of the molecule is O=CNC(CC1CNCN1)C(=O)O. The number of hydrogen-bond acceptors (Lipinski definition) is 4. The average Bonchev–Trinajstić information content (AvgIpc) is 2.56. The summed E-state index contributed by atoms with van der Waals surface area (Å²) < 4.78 is 0. The van der Waals surface area contributed by atoms with Crippen molar-refractivity contribution < 1.29 is 14.7 Å². The van der Waals surface area contributed by atoms with Crippen molar-refractivity contribution in [2.24, 2.45) is 0 Å². The summed E-state index contributed by atoms with van der Waals surface area (Å²) >= 11 is 0. The van der Waals surface area contributed by atoms with Gasteiger partial charge in [0, 0.05) is 19.3 Å².